The number of methoxy groups -OCH3 is 1. The fourth-order valence-electron chi connectivity index (χ4n) is 0.917. The second kappa shape index (κ2) is 3.90. The SMILES string of the molecule is COC(=O)CCn1cnc(C)c1. The lowest BCUT2D eigenvalue weighted by Crippen LogP contribution is -2.05. The molecule has 0 aliphatic heterocycles. The van der Waals surface area contributed by atoms with Gasteiger partial charge in [0.25, 0.3) is 0 Å². The van der Waals surface area contributed by atoms with Gasteiger partial charge in [-0.3, -0.25) is 4.79 Å². The molecule has 0 unspecified atom stereocenters. The molecular weight excluding hydrogens is 156 g/mol. The molecule has 4 heteroatoms. The topological polar surface area (TPSA) is 44.1 Å². The molecule has 0 spiro atoms. The Morgan fingerprint density at radius 3 is 3.00 bits per heavy atom. The quantitative estimate of drug-likeness (QED) is 0.626. The number of hydrogen-bond donors (Lipinski definition) is 0. The lowest BCUT2D eigenvalue weighted by molar-refractivity contribution is -0.140. The van der Waals surface area contributed by atoms with E-state index in [1.165, 1.54) is 7.11 Å². The normalized spacial score (nSPS) is 9.83. The van der Waals surface area contributed by atoms with Crippen molar-refractivity contribution < 1.29 is 9.53 Å². The first-order valence-corrected chi connectivity index (χ1v) is 3.77. The second-order valence-electron chi connectivity index (χ2n) is 2.58. The summed E-state index contributed by atoms with van der Waals surface area (Å²) >= 11 is 0. The summed E-state index contributed by atoms with van der Waals surface area (Å²) in [5, 5.41) is 0. The fraction of sp³-hybridized carbons (Fsp3) is 0.500. The van der Waals surface area contributed by atoms with Gasteiger partial charge in [-0.15, -0.1) is 0 Å². The zero-order chi connectivity index (χ0) is 8.97. The van der Waals surface area contributed by atoms with Gasteiger partial charge in [0.15, 0.2) is 0 Å². The Morgan fingerprint density at radius 1 is 1.75 bits per heavy atom. The van der Waals surface area contributed by atoms with Crippen molar-refractivity contribution in [3.63, 3.8) is 0 Å². The van der Waals surface area contributed by atoms with Crippen molar-refractivity contribution in [3.05, 3.63) is 18.2 Å². The summed E-state index contributed by atoms with van der Waals surface area (Å²) in [4.78, 5) is 14.8. The van der Waals surface area contributed by atoms with Crippen molar-refractivity contribution in [2.24, 2.45) is 0 Å². The van der Waals surface area contributed by atoms with Crippen LogP contribution in [-0.2, 0) is 16.1 Å². The van der Waals surface area contributed by atoms with E-state index < -0.39 is 0 Å². The molecule has 0 bridgehead atoms. The van der Waals surface area contributed by atoms with E-state index in [9.17, 15) is 4.79 Å². The van der Waals surface area contributed by atoms with Crippen LogP contribution in [0.25, 0.3) is 0 Å². The van der Waals surface area contributed by atoms with Crippen LogP contribution >= 0.6 is 0 Å². The largest absolute Gasteiger partial charge is 0.469 e. The van der Waals surface area contributed by atoms with Crippen LogP contribution in [0, 0.1) is 6.92 Å². The van der Waals surface area contributed by atoms with Gasteiger partial charge in [0.05, 0.1) is 25.6 Å². The van der Waals surface area contributed by atoms with Crippen LogP contribution in [0.4, 0.5) is 0 Å². The Kier molecular flexibility index (Phi) is 2.85. The number of esters is 1. The van der Waals surface area contributed by atoms with Crippen LogP contribution in [-0.4, -0.2) is 22.6 Å². The number of aryl methyl sites for hydroxylation is 2. The van der Waals surface area contributed by atoms with Crippen LogP contribution in [0.2, 0.25) is 0 Å². The predicted octanol–water partition coefficient (Wildman–Crippen LogP) is 0.755. The number of imidazole rings is 1. The highest BCUT2D eigenvalue weighted by Gasteiger charge is 2.00. The highest BCUT2D eigenvalue weighted by Crippen LogP contribution is 1.96. The van der Waals surface area contributed by atoms with Crippen LogP contribution in [0.1, 0.15) is 12.1 Å². The number of carbonyl (C=O) groups excluding carboxylic acids is 1. The van der Waals surface area contributed by atoms with E-state index in [4.69, 9.17) is 0 Å². The molecule has 0 N–H and O–H groups in total. The average Bonchev–Trinajstić information content (AvgIpc) is 2.47. The molecule has 0 aliphatic rings. The summed E-state index contributed by atoms with van der Waals surface area (Å²) in [6.07, 6.45) is 3.99. The predicted molar refractivity (Wildman–Crippen MR) is 43.6 cm³/mol. The van der Waals surface area contributed by atoms with Crippen molar-refractivity contribution in [2.75, 3.05) is 7.11 Å². The maximum Gasteiger partial charge on any atom is 0.307 e. The summed E-state index contributed by atoms with van der Waals surface area (Å²) in [7, 11) is 1.39. The molecule has 0 fully saturated rings. The lowest BCUT2D eigenvalue weighted by Gasteiger charge is -1.99. The number of carbonyl (C=O) groups is 1. The van der Waals surface area contributed by atoms with Gasteiger partial charge in [-0.05, 0) is 6.92 Å². The maximum absolute atomic E-state index is 10.7. The van der Waals surface area contributed by atoms with E-state index in [0.29, 0.717) is 13.0 Å². The number of hydrogen-bond acceptors (Lipinski definition) is 3. The summed E-state index contributed by atoms with van der Waals surface area (Å²) in [5.41, 5.74) is 0.958. The van der Waals surface area contributed by atoms with Crippen LogP contribution < -0.4 is 0 Å². The summed E-state index contributed by atoms with van der Waals surface area (Å²) < 4.78 is 6.37. The third-order valence-corrected chi connectivity index (χ3v) is 1.56. The third kappa shape index (κ3) is 2.38. The molecule has 0 amide bonds. The van der Waals surface area contributed by atoms with Crippen molar-refractivity contribution in [2.45, 2.75) is 19.9 Å². The third-order valence-electron chi connectivity index (χ3n) is 1.56. The number of aromatic nitrogens is 2. The van der Waals surface area contributed by atoms with Gasteiger partial charge in [-0.25, -0.2) is 4.98 Å². The number of rotatable bonds is 3. The molecular formula is C8H12N2O2. The van der Waals surface area contributed by atoms with Crippen molar-refractivity contribution >= 4 is 5.97 Å². The Balaban J connectivity index is 2.38. The van der Waals surface area contributed by atoms with Gasteiger partial charge < -0.3 is 9.30 Å². The van der Waals surface area contributed by atoms with E-state index in [0.717, 1.165) is 5.69 Å². The van der Waals surface area contributed by atoms with Crippen molar-refractivity contribution in [3.8, 4) is 0 Å². The zero-order valence-corrected chi connectivity index (χ0v) is 7.28. The summed E-state index contributed by atoms with van der Waals surface area (Å²) in [6.45, 7) is 2.54. The highest BCUT2D eigenvalue weighted by atomic mass is 16.5. The molecule has 0 atom stereocenters. The minimum Gasteiger partial charge on any atom is -0.469 e. The summed E-state index contributed by atoms with van der Waals surface area (Å²) in [6, 6.07) is 0. The molecule has 0 aromatic carbocycles. The van der Waals surface area contributed by atoms with Crippen molar-refractivity contribution in [1.82, 2.24) is 9.55 Å². The van der Waals surface area contributed by atoms with Gasteiger partial charge in [-0.2, -0.15) is 0 Å². The highest BCUT2D eigenvalue weighted by molar-refractivity contribution is 5.68. The minimum absolute atomic E-state index is 0.193. The monoisotopic (exact) mass is 168 g/mol. The van der Waals surface area contributed by atoms with Gasteiger partial charge in [0.1, 0.15) is 0 Å². The number of nitrogens with zero attached hydrogens (tertiary/aromatic N) is 2. The van der Waals surface area contributed by atoms with Crippen LogP contribution in [0.3, 0.4) is 0 Å². The minimum atomic E-state index is -0.193. The van der Waals surface area contributed by atoms with Gasteiger partial charge in [-0.1, -0.05) is 0 Å². The molecule has 0 radical (unpaired) electrons. The van der Waals surface area contributed by atoms with Gasteiger partial charge in [0.2, 0.25) is 0 Å². The smallest absolute Gasteiger partial charge is 0.307 e. The van der Waals surface area contributed by atoms with E-state index in [2.05, 4.69) is 9.72 Å². The zero-order valence-electron chi connectivity index (χ0n) is 7.28. The van der Waals surface area contributed by atoms with Crippen LogP contribution in [0.5, 0.6) is 0 Å². The van der Waals surface area contributed by atoms with Gasteiger partial charge >= 0.3 is 5.97 Å². The Bertz CT molecular complexity index is 268. The fourth-order valence-corrected chi connectivity index (χ4v) is 0.917. The molecule has 0 aliphatic carbocycles. The molecule has 4 nitrogen and oxygen atoms in total. The Hall–Kier alpha value is -1.32. The van der Waals surface area contributed by atoms with Crippen molar-refractivity contribution in [1.29, 1.82) is 0 Å². The molecule has 0 saturated carbocycles. The lowest BCUT2D eigenvalue weighted by atomic mass is 10.4. The molecule has 1 aromatic rings. The molecule has 12 heavy (non-hydrogen) atoms. The Labute approximate surface area is 71.2 Å². The number of ether oxygens (including phenoxy) is 1. The standard InChI is InChI=1S/C8H12N2O2/c1-7-5-10(6-9-7)4-3-8(11)12-2/h5-6H,3-4H2,1-2H3. The van der Waals surface area contributed by atoms with Gasteiger partial charge in [0, 0.05) is 12.7 Å². The first-order valence-electron chi connectivity index (χ1n) is 3.77. The first kappa shape index (κ1) is 8.77. The first-order chi connectivity index (χ1) is 5.72. The van der Waals surface area contributed by atoms with E-state index >= 15 is 0 Å². The van der Waals surface area contributed by atoms with E-state index in [1.807, 2.05) is 17.7 Å². The summed E-state index contributed by atoms with van der Waals surface area (Å²) in [5.74, 6) is -0.193. The van der Waals surface area contributed by atoms with Crippen LogP contribution in [0.15, 0.2) is 12.5 Å². The van der Waals surface area contributed by atoms with E-state index in [1.54, 1.807) is 6.33 Å². The molecule has 1 rings (SSSR count). The Morgan fingerprint density at radius 2 is 2.50 bits per heavy atom. The second-order valence-corrected chi connectivity index (χ2v) is 2.58. The maximum atomic E-state index is 10.7. The van der Waals surface area contributed by atoms with E-state index in [-0.39, 0.29) is 5.97 Å². The molecule has 66 valence electrons. The average molecular weight is 168 g/mol. The molecule has 0 saturated heterocycles. The molecule has 1 aromatic heterocycles. The molecule has 1 heterocycles.